The first kappa shape index (κ1) is 19.8. The molecule has 28 heavy (non-hydrogen) atoms. The molecule has 4 rings (SSSR count). The zero-order chi connectivity index (χ0) is 20.3. The second-order valence-electron chi connectivity index (χ2n) is 9.71. The van der Waals surface area contributed by atoms with E-state index in [-0.39, 0.29) is 23.0 Å². The third-order valence-corrected chi connectivity index (χ3v) is 8.54. The molecule has 0 aliphatic heterocycles. The Morgan fingerprint density at radius 1 is 1.32 bits per heavy atom. The molecule has 4 aliphatic carbocycles. The Hall–Kier alpha value is -1.52. The molecule has 0 spiro atoms. The topological polar surface area (TPSA) is 74.6 Å². The summed E-state index contributed by atoms with van der Waals surface area (Å²) in [7, 11) is 0. The molecule has 2 unspecified atom stereocenters. The van der Waals surface area contributed by atoms with Gasteiger partial charge in [0.2, 0.25) is 0 Å². The molecule has 4 aliphatic rings. The Morgan fingerprint density at radius 3 is 2.75 bits per heavy atom. The lowest BCUT2D eigenvalue weighted by Gasteiger charge is -2.53. The molecule has 0 amide bonds. The summed E-state index contributed by atoms with van der Waals surface area (Å²) in [5, 5.41) is 21.3. The van der Waals surface area contributed by atoms with Crippen LogP contribution in [0.15, 0.2) is 35.5 Å². The third-order valence-electron chi connectivity index (χ3n) is 8.54. The van der Waals surface area contributed by atoms with Crippen molar-refractivity contribution in [3.63, 3.8) is 0 Å². The fourth-order valence-electron chi connectivity index (χ4n) is 7.04. The molecule has 0 saturated heterocycles. The number of fused-ring (bicyclic) bond motifs is 5. The first-order valence-electron chi connectivity index (χ1n) is 10.7. The van der Waals surface area contributed by atoms with Crippen LogP contribution in [0.5, 0.6) is 0 Å². The second kappa shape index (κ2) is 6.50. The van der Waals surface area contributed by atoms with Gasteiger partial charge in [0.05, 0.1) is 0 Å². The van der Waals surface area contributed by atoms with Gasteiger partial charge in [-0.15, -0.1) is 0 Å². The molecule has 0 aromatic heterocycles. The van der Waals surface area contributed by atoms with Gasteiger partial charge < -0.3 is 10.2 Å². The van der Waals surface area contributed by atoms with Gasteiger partial charge in [0.1, 0.15) is 12.2 Å². The van der Waals surface area contributed by atoms with Crippen LogP contribution in [0.1, 0.15) is 59.3 Å². The molecule has 2 fully saturated rings. The molecular weight excluding hydrogens is 352 g/mol. The molecule has 4 nitrogen and oxygen atoms in total. The highest BCUT2D eigenvalue weighted by Gasteiger charge is 2.67. The Kier molecular flexibility index (Phi) is 4.59. The Labute approximate surface area is 167 Å². The minimum absolute atomic E-state index is 0.0685. The van der Waals surface area contributed by atoms with E-state index >= 15 is 0 Å². The van der Waals surface area contributed by atoms with Crippen LogP contribution in [0.2, 0.25) is 0 Å². The van der Waals surface area contributed by atoms with Gasteiger partial charge in [-0.1, -0.05) is 43.6 Å². The predicted molar refractivity (Wildman–Crippen MR) is 107 cm³/mol. The van der Waals surface area contributed by atoms with Crippen LogP contribution in [0, 0.1) is 28.6 Å². The highest BCUT2D eigenvalue weighted by molar-refractivity contribution is 6.01. The van der Waals surface area contributed by atoms with Crippen LogP contribution in [-0.2, 0) is 9.59 Å². The maximum Gasteiger partial charge on any atom is 0.190 e. The van der Waals surface area contributed by atoms with Gasteiger partial charge in [0.15, 0.2) is 11.6 Å². The lowest BCUT2D eigenvalue weighted by molar-refractivity contribution is -0.162. The van der Waals surface area contributed by atoms with Crippen LogP contribution in [0.25, 0.3) is 0 Å². The van der Waals surface area contributed by atoms with Gasteiger partial charge in [-0.3, -0.25) is 9.59 Å². The molecule has 0 bridgehead atoms. The SMILES string of the molecule is CCC[C@@H]1CC2C3CCC4=CC(=O)C=C[C@]4(C)C3=CC[C@]2(C)[C@@]1(O)C(=O)CO. The fourth-order valence-corrected chi connectivity index (χ4v) is 7.04. The standard InChI is InChI=1S/C24H32O4/c1-4-5-16-13-20-18-7-6-15-12-17(26)8-10-22(15,2)19(18)9-11-23(20,3)24(16,28)21(27)14-25/h8-10,12,16,18,20,25,28H,4-7,11,13-14H2,1-3H3/t16-,18?,20?,22+,23+,24+/m1/s1. The first-order chi connectivity index (χ1) is 13.2. The molecule has 0 aromatic carbocycles. The number of allylic oxidation sites excluding steroid dienone is 6. The maximum absolute atomic E-state index is 12.8. The average molecular weight is 385 g/mol. The highest BCUT2D eigenvalue weighted by Crippen LogP contribution is 2.67. The Balaban J connectivity index is 1.78. The first-order valence-corrected chi connectivity index (χ1v) is 10.7. The van der Waals surface area contributed by atoms with Gasteiger partial charge in [-0.05, 0) is 68.9 Å². The summed E-state index contributed by atoms with van der Waals surface area (Å²) in [5.74, 6) is 0.0678. The fraction of sp³-hybridized carbons (Fsp3) is 0.667. The molecule has 0 aromatic rings. The van der Waals surface area contributed by atoms with E-state index in [0.29, 0.717) is 12.3 Å². The van der Waals surface area contributed by atoms with E-state index in [9.17, 15) is 19.8 Å². The summed E-state index contributed by atoms with van der Waals surface area (Å²) in [6.45, 7) is 5.74. The Morgan fingerprint density at radius 2 is 2.07 bits per heavy atom. The molecule has 2 saturated carbocycles. The predicted octanol–water partition coefficient (Wildman–Crippen LogP) is 3.53. The van der Waals surface area contributed by atoms with Gasteiger partial charge in [0.25, 0.3) is 0 Å². The molecule has 0 radical (unpaired) electrons. The highest BCUT2D eigenvalue weighted by atomic mass is 16.3. The van der Waals surface area contributed by atoms with Crippen LogP contribution in [0.4, 0.5) is 0 Å². The van der Waals surface area contributed by atoms with Gasteiger partial charge in [-0.2, -0.15) is 0 Å². The van der Waals surface area contributed by atoms with Crippen molar-refractivity contribution in [3.05, 3.63) is 35.5 Å². The smallest absolute Gasteiger partial charge is 0.190 e. The third kappa shape index (κ3) is 2.37. The van der Waals surface area contributed by atoms with E-state index in [1.165, 1.54) is 11.1 Å². The number of carbonyl (C=O) groups is 2. The van der Waals surface area contributed by atoms with Crippen molar-refractivity contribution in [2.45, 2.75) is 64.9 Å². The lowest BCUT2D eigenvalue weighted by Crippen LogP contribution is -2.57. The molecule has 0 heterocycles. The minimum Gasteiger partial charge on any atom is -0.388 e. The molecule has 2 N–H and O–H groups in total. The summed E-state index contributed by atoms with van der Waals surface area (Å²) in [5.41, 5.74) is 0.315. The molecule has 6 atom stereocenters. The number of carbonyl (C=O) groups excluding carboxylic acids is 2. The zero-order valence-electron chi connectivity index (χ0n) is 17.2. The lowest BCUT2D eigenvalue weighted by atomic mass is 9.51. The quantitative estimate of drug-likeness (QED) is 0.727. The average Bonchev–Trinajstić information content (AvgIpc) is 2.90. The van der Waals surface area contributed by atoms with Gasteiger partial charge in [0, 0.05) is 10.8 Å². The minimum atomic E-state index is -1.46. The normalized spacial score (nSPS) is 44.3. The number of rotatable bonds is 4. The van der Waals surface area contributed by atoms with Crippen molar-refractivity contribution >= 4 is 11.6 Å². The Bertz CT molecular complexity index is 805. The van der Waals surface area contributed by atoms with Crippen molar-refractivity contribution in [1.29, 1.82) is 0 Å². The number of aliphatic hydroxyl groups excluding tert-OH is 1. The van der Waals surface area contributed by atoms with Crippen LogP contribution < -0.4 is 0 Å². The molecule has 152 valence electrons. The van der Waals surface area contributed by atoms with Crippen LogP contribution in [0.3, 0.4) is 0 Å². The van der Waals surface area contributed by atoms with E-state index in [4.69, 9.17) is 0 Å². The van der Waals surface area contributed by atoms with E-state index in [0.717, 1.165) is 32.1 Å². The monoisotopic (exact) mass is 384 g/mol. The zero-order valence-corrected chi connectivity index (χ0v) is 17.2. The number of hydrogen-bond acceptors (Lipinski definition) is 4. The van der Waals surface area contributed by atoms with Gasteiger partial charge in [-0.25, -0.2) is 0 Å². The van der Waals surface area contributed by atoms with E-state index in [1.807, 2.05) is 0 Å². The summed E-state index contributed by atoms with van der Waals surface area (Å²) in [6.07, 6.45) is 12.8. The van der Waals surface area contributed by atoms with Crippen molar-refractivity contribution < 1.29 is 19.8 Å². The van der Waals surface area contributed by atoms with E-state index in [1.54, 1.807) is 12.2 Å². The summed E-state index contributed by atoms with van der Waals surface area (Å²) >= 11 is 0. The molecule has 4 heteroatoms. The largest absolute Gasteiger partial charge is 0.388 e. The maximum atomic E-state index is 12.8. The number of aliphatic hydroxyl groups is 2. The number of hydrogen-bond donors (Lipinski definition) is 2. The van der Waals surface area contributed by atoms with Crippen LogP contribution >= 0.6 is 0 Å². The van der Waals surface area contributed by atoms with Crippen molar-refractivity contribution in [2.24, 2.45) is 28.6 Å². The van der Waals surface area contributed by atoms with Crippen LogP contribution in [-0.4, -0.2) is 34.0 Å². The molecular formula is C24H32O4. The second-order valence-corrected chi connectivity index (χ2v) is 9.71. The number of Topliss-reactive ketones (excluding diaryl/α,β-unsaturated/α-hetero) is 1. The van der Waals surface area contributed by atoms with Crippen molar-refractivity contribution in [1.82, 2.24) is 0 Å². The summed E-state index contributed by atoms with van der Waals surface area (Å²) < 4.78 is 0. The van der Waals surface area contributed by atoms with Gasteiger partial charge >= 0.3 is 0 Å². The van der Waals surface area contributed by atoms with Crippen molar-refractivity contribution in [3.8, 4) is 0 Å². The summed E-state index contributed by atoms with van der Waals surface area (Å²) in [6, 6.07) is 0. The number of ketones is 2. The van der Waals surface area contributed by atoms with Crippen molar-refractivity contribution in [2.75, 3.05) is 6.61 Å². The summed E-state index contributed by atoms with van der Waals surface area (Å²) in [4.78, 5) is 24.7. The van der Waals surface area contributed by atoms with E-state index < -0.39 is 23.4 Å². The van der Waals surface area contributed by atoms with E-state index in [2.05, 4.69) is 32.9 Å².